The van der Waals surface area contributed by atoms with Crippen LogP contribution in [-0.4, -0.2) is 33.1 Å². The first-order valence-electron chi connectivity index (χ1n) is 4.40. The highest BCUT2D eigenvalue weighted by atomic mass is 32.1. The van der Waals surface area contributed by atoms with Crippen molar-refractivity contribution in [2.24, 2.45) is 0 Å². The van der Waals surface area contributed by atoms with E-state index in [1.54, 1.807) is 6.92 Å². The summed E-state index contributed by atoms with van der Waals surface area (Å²) in [6.45, 7) is 2.05. The minimum absolute atomic E-state index is 0.0558. The number of aryl methyl sites for hydroxylation is 1. The van der Waals surface area contributed by atoms with Gasteiger partial charge in [0.25, 0.3) is 5.91 Å². The molecule has 1 heterocycles. The van der Waals surface area contributed by atoms with Crippen molar-refractivity contribution in [3.05, 3.63) is 10.6 Å². The Bertz CT molecular complexity index is 364. The van der Waals surface area contributed by atoms with E-state index in [0.717, 1.165) is 11.5 Å². The average molecular weight is 229 g/mol. The van der Waals surface area contributed by atoms with Crippen molar-refractivity contribution < 1.29 is 14.7 Å². The molecule has 6 nitrogen and oxygen atoms in total. The van der Waals surface area contributed by atoms with E-state index in [1.807, 2.05) is 0 Å². The number of carbonyl (C=O) groups excluding carboxylic acids is 1. The molecule has 0 aliphatic rings. The first kappa shape index (κ1) is 11.6. The number of nitrogens with one attached hydrogen (secondary N) is 1. The molecule has 1 amide bonds. The van der Waals surface area contributed by atoms with Crippen LogP contribution in [0.4, 0.5) is 0 Å². The van der Waals surface area contributed by atoms with Crippen LogP contribution in [0.15, 0.2) is 0 Å². The molecule has 0 fully saturated rings. The summed E-state index contributed by atoms with van der Waals surface area (Å²) in [6, 6.07) is 0. The second-order valence-corrected chi connectivity index (χ2v) is 3.69. The highest BCUT2D eigenvalue weighted by Crippen LogP contribution is 2.08. The van der Waals surface area contributed by atoms with E-state index < -0.39 is 5.97 Å². The Hall–Kier alpha value is -1.50. The number of carboxylic acids is 1. The molecule has 0 saturated heterocycles. The lowest BCUT2D eigenvalue weighted by Gasteiger charge is -2.01. The smallest absolute Gasteiger partial charge is 0.303 e. The van der Waals surface area contributed by atoms with Gasteiger partial charge in [-0.05, 0) is 24.9 Å². The summed E-state index contributed by atoms with van der Waals surface area (Å²) in [7, 11) is 0. The Morgan fingerprint density at radius 2 is 2.27 bits per heavy atom. The number of aromatic nitrogens is 2. The molecule has 0 spiro atoms. The van der Waals surface area contributed by atoms with Crippen molar-refractivity contribution in [1.82, 2.24) is 14.9 Å². The molecule has 0 radical (unpaired) electrons. The highest BCUT2D eigenvalue weighted by Gasteiger charge is 2.12. The second kappa shape index (κ2) is 5.40. The number of nitrogens with zero attached hydrogens (tertiary/aromatic N) is 2. The van der Waals surface area contributed by atoms with Crippen molar-refractivity contribution in [3.8, 4) is 0 Å². The summed E-state index contributed by atoms with van der Waals surface area (Å²) in [5.74, 6) is -1.10. The van der Waals surface area contributed by atoms with Gasteiger partial charge in [0, 0.05) is 13.0 Å². The number of hydrogen-bond acceptors (Lipinski definition) is 5. The zero-order valence-corrected chi connectivity index (χ0v) is 9.00. The van der Waals surface area contributed by atoms with Crippen LogP contribution in [0.3, 0.4) is 0 Å². The van der Waals surface area contributed by atoms with E-state index in [2.05, 4.69) is 14.9 Å². The average Bonchev–Trinajstić information content (AvgIpc) is 2.58. The van der Waals surface area contributed by atoms with Gasteiger partial charge in [-0.25, -0.2) is 0 Å². The minimum Gasteiger partial charge on any atom is -0.481 e. The molecule has 1 aromatic rings. The molecule has 7 heteroatoms. The van der Waals surface area contributed by atoms with Crippen LogP contribution in [0, 0.1) is 6.92 Å². The quantitative estimate of drug-likeness (QED) is 0.715. The zero-order chi connectivity index (χ0) is 11.3. The maximum absolute atomic E-state index is 11.4. The Morgan fingerprint density at radius 1 is 1.53 bits per heavy atom. The molecule has 0 aromatic carbocycles. The topological polar surface area (TPSA) is 92.2 Å². The molecule has 0 unspecified atom stereocenters. The lowest BCUT2D eigenvalue weighted by Crippen LogP contribution is -2.24. The maximum Gasteiger partial charge on any atom is 0.303 e. The predicted octanol–water partition coefficient (Wildman–Crippen LogP) is 0.441. The molecule has 82 valence electrons. The third-order valence-corrected chi connectivity index (χ3v) is 2.54. The van der Waals surface area contributed by atoms with E-state index in [0.29, 0.717) is 23.5 Å². The maximum atomic E-state index is 11.4. The van der Waals surface area contributed by atoms with Crippen molar-refractivity contribution in [1.29, 1.82) is 0 Å². The molecule has 0 aliphatic carbocycles. The highest BCUT2D eigenvalue weighted by molar-refractivity contribution is 7.07. The molecule has 1 aromatic heterocycles. The molecular formula is C8H11N3O3S. The van der Waals surface area contributed by atoms with E-state index in [4.69, 9.17) is 5.11 Å². The van der Waals surface area contributed by atoms with Gasteiger partial charge in [0.15, 0.2) is 0 Å². The van der Waals surface area contributed by atoms with E-state index >= 15 is 0 Å². The monoisotopic (exact) mass is 229 g/mol. The molecule has 0 saturated carbocycles. The van der Waals surface area contributed by atoms with Gasteiger partial charge in [-0.3, -0.25) is 9.59 Å². The fraction of sp³-hybridized carbons (Fsp3) is 0.500. The molecule has 1 rings (SSSR count). The van der Waals surface area contributed by atoms with Crippen molar-refractivity contribution >= 4 is 23.4 Å². The summed E-state index contributed by atoms with van der Waals surface area (Å²) in [4.78, 5) is 22.1. The van der Waals surface area contributed by atoms with Crippen LogP contribution in [0.25, 0.3) is 0 Å². The third-order valence-electron chi connectivity index (χ3n) is 1.71. The Morgan fingerprint density at radius 3 is 2.80 bits per heavy atom. The summed E-state index contributed by atoms with van der Waals surface area (Å²) < 4.78 is 3.64. The van der Waals surface area contributed by atoms with Gasteiger partial charge in [-0.2, -0.15) is 0 Å². The predicted molar refractivity (Wildman–Crippen MR) is 53.8 cm³/mol. The largest absolute Gasteiger partial charge is 0.481 e. The lowest BCUT2D eigenvalue weighted by molar-refractivity contribution is -0.137. The van der Waals surface area contributed by atoms with Gasteiger partial charge < -0.3 is 10.4 Å². The second-order valence-electron chi connectivity index (χ2n) is 2.94. The Balaban J connectivity index is 2.31. The molecule has 0 bridgehead atoms. The van der Waals surface area contributed by atoms with Gasteiger partial charge in [-0.15, -0.1) is 5.10 Å². The number of hydrogen-bond donors (Lipinski definition) is 2. The van der Waals surface area contributed by atoms with Gasteiger partial charge >= 0.3 is 5.97 Å². The van der Waals surface area contributed by atoms with Crippen LogP contribution >= 0.6 is 11.5 Å². The number of carboxylic acid groups (broad SMARTS) is 1. The summed E-state index contributed by atoms with van der Waals surface area (Å²) in [5, 5.41) is 14.7. The molecule has 2 N–H and O–H groups in total. The van der Waals surface area contributed by atoms with Crippen LogP contribution < -0.4 is 5.32 Å². The number of carbonyl (C=O) groups is 2. The van der Waals surface area contributed by atoms with E-state index in [1.165, 1.54) is 0 Å². The van der Waals surface area contributed by atoms with Gasteiger partial charge in [0.1, 0.15) is 4.88 Å². The molecule has 0 atom stereocenters. The summed E-state index contributed by atoms with van der Waals surface area (Å²) in [6.07, 6.45) is 0.479. The fourth-order valence-corrected chi connectivity index (χ4v) is 1.53. The van der Waals surface area contributed by atoms with Gasteiger partial charge in [0.05, 0.1) is 5.69 Å². The molecule has 15 heavy (non-hydrogen) atoms. The standard InChI is InChI=1S/C8H11N3O3S/c1-5-7(15-11-10-5)8(14)9-4-2-3-6(12)13/h2-4H2,1H3,(H,9,14)(H,12,13). The minimum atomic E-state index is -0.861. The van der Waals surface area contributed by atoms with Gasteiger partial charge in [0.2, 0.25) is 0 Å². The van der Waals surface area contributed by atoms with Crippen LogP contribution in [0.1, 0.15) is 28.2 Å². The number of amides is 1. The molecule has 0 aliphatic heterocycles. The van der Waals surface area contributed by atoms with Crippen LogP contribution in [0.2, 0.25) is 0 Å². The van der Waals surface area contributed by atoms with Crippen LogP contribution in [-0.2, 0) is 4.79 Å². The molecular weight excluding hydrogens is 218 g/mol. The summed E-state index contributed by atoms with van der Waals surface area (Å²) >= 11 is 1.03. The van der Waals surface area contributed by atoms with Crippen LogP contribution in [0.5, 0.6) is 0 Å². The Labute approximate surface area is 90.5 Å². The number of rotatable bonds is 5. The van der Waals surface area contributed by atoms with E-state index in [9.17, 15) is 9.59 Å². The SMILES string of the molecule is Cc1nnsc1C(=O)NCCCC(=O)O. The van der Waals surface area contributed by atoms with E-state index in [-0.39, 0.29) is 12.3 Å². The van der Waals surface area contributed by atoms with Gasteiger partial charge in [-0.1, -0.05) is 4.49 Å². The zero-order valence-electron chi connectivity index (χ0n) is 8.19. The van der Waals surface area contributed by atoms with Crippen molar-refractivity contribution in [2.75, 3.05) is 6.54 Å². The first-order chi connectivity index (χ1) is 7.11. The summed E-state index contributed by atoms with van der Waals surface area (Å²) in [5.41, 5.74) is 0.593. The fourth-order valence-electron chi connectivity index (χ4n) is 0.962. The number of aliphatic carboxylic acids is 1. The first-order valence-corrected chi connectivity index (χ1v) is 5.17. The normalized spacial score (nSPS) is 9.93. The van der Waals surface area contributed by atoms with Crippen molar-refractivity contribution in [3.63, 3.8) is 0 Å². The third kappa shape index (κ3) is 3.62. The lowest BCUT2D eigenvalue weighted by atomic mass is 10.3. The Kier molecular flexibility index (Phi) is 4.17. The van der Waals surface area contributed by atoms with Crippen molar-refractivity contribution in [2.45, 2.75) is 19.8 Å².